The van der Waals surface area contributed by atoms with Crippen LogP contribution >= 0.6 is 0 Å². The summed E-state index contributed by atoms with van der Waals surface area (Å²) in [4.78, 5) is 4.58. The number of fused-ring (bicyclic) bond motifs is 1. The Morgan fingerprint density at radius 1 is 1.56 bits per heavy atom. The first-order valence-electron chi connectivity index (χ1n) is 6.46. The van der Waals surface area contributed by atoms with Crippen LogP contribution in [0.5, 0.6) is 5.75 Å². The average molecular weight is 246 g/mol. The molecule has 0 radical (unpaired) electrons. The topological polar surface area (TPSA) is 51.5 Å². The Balaban J connectivity index is 1.84. The minimum absolute atomic E-state index is 0.655. The van der Waals surface area contributed by atoms with E-state index in [0.717, 1.165) is 36.7 Å². The smallest absolute Gasteiger partial charge is 0.198 e. The SMILES string of the molecule is COc1cccn2nc(CC3CCCNC3)nc12. The number of methoxy groups -OCH3 is 1. The summed E-state index contributed by atoms with van der Waals surface area (Å²) in [5.41, 5.74) is 0.804. The van der Waals surface area contributed by atoms with Gasteiger partial charge in [0.25, 0.3) is 0 Å². The normalized spacial score (nSPS) is 20.2. The molecule has 1 atom stereocenters. The number of hydrogen-bond donors (Lipinski definition) is 1. The van der Waals surface area contributed by atoms with E-state index in [4.69, 9.17) is 4.74 Å². The van der Waals surface area contributed by atoms with Crippen molar-refractivity contribution in [2.75, 3.05) is 20.2 Å². The Labute approximate surface area is 106 Å². The highest BCUT2D eigenvalue weighted by molar-refractivity contribution is 5.52. The molecule has 5 heteroatoms. The number of hydrogen-bond acceptors (Lipinski definition) is 4. The zero-order chi connectivity index (χ0) is 12.4. The van der Waals surface area contributed by atoms with E-state index in [-0.39, 0.29) is 0 Å². The van der Waals surface area contributed by atoms with E-state index in [2.05, 4.69) is 15.4 Å². The first kappa shape index (κ1) is 11.5. The lowest BCUT2D eigenvalue weighted by molar-refractivity contribution is 0.371. The van der Waals surface area contributed by atoms with Crippen molar-refractivity contribution in [3.63, 3.8) is 0 Å². The largest absolute Gasteiger partial charge is 0.493 e. The van der Waals surface area contributed by atoms with Gasteiger partial charge in [-0.15, -0.1) is 0 Å². The molecule has 5 nitrogen and oxygen atoms in total. The Kier molecular flexibility index (Phi) is 3.15. The van der Waals surface area contributed by atoms with Crippen LogP contribution in [0.1, 0.15) is 18.7 Å². The molecule has 3 rings (SSSR count). The molecule has 3 heterocycles. The zero-order valence-corrected chi connectivity index (χ0v) is 10.6. The highest BCUT2D eigenvalue weighted by atomic mass is 16.5. The van der Waals surface area contributed by atoms with Gasteiger partial charge in [0.05, 0.1) is 7.11 Å². The van der Waals surface area contributed by atoms with Gasteiger partial charge in [-0.3, -0.25) is 0 Å². The Bertz CT molecular complexity index is 531. The van der Waals surface area contributed by atoms with Crippen LogP contribution < -0.4 is 10.1 Å². The third-order valence-electron chi connectivity index (χ3n) is 3.46. The van der Waals surface area contributed by atoms with Crippen LogP contribution in [0.4, 0.5) is 0 Å². The molecular weight excluding hydrogens is 228 g/mol. The Hall–Kier alpha value is -1.62. The summed E-state index contributed by atoms with van der Waals surface area (Å²) in [5, 5.41) is 7.94. The molecule has 0 saturated carbocycles. The summed E-state index contributed by atoms with van der Waals surface area (Å²) < 4.78 is 7.09. The molecule has 0 amide bonds. The van der Waals surface area contributed by atoms with Crippen LogP contribution in [0.3, 0.4) is 0 Å². The molecule has 1 aliphatic heterocycles. The maximum Gasteiger partial charge on any atom is 0.198 e. The molecule has 1 aliphatic rings. The number of ether oxygens (including phenoxy) is 1. The molecule has 18 heavy (non-hydrogen) atoms. The number of pyridine rings is 1. The average Bonchev–Trinajstić information content (AvgIpc) is 2.82. The van der Waals surface area contributed by atoms with Crippen molar-refractivity contribution in [3.05, 3.63) is 24.2 Å². The van der Waals surface area contributed by atoms with Crippen molar-refractivity contribution in [2.24, 2.45) is 5.92 Å². The van der Waals surface area contributed by atoms with Crippen LogP contribution in [0.15, 0.2) is 18.3 Å². The maximum absolute atomic E-state index is 5.30. The summed E-state index contributed by atoms with van der Waals surface area (Å²) in [6.07, 6.45) is 5.37. The fraction of sp³-hybridized carbons (Fsp3) is 0.538. The van der Waals surface area contributed by atoms with E-state index in [1.165, 1.54) is 12.8 Å². The first-order chi connectivity index (χ1) is 8.86. The second-order valence-electron chi connectivity index (χ2n) is 4.79. The first-order valence-corrected chi connectivity index (χ1v) is 6.46. The van der Waals surface area contributed by atoms with Crippen molar-refractivity contribution >= 4 is 5.65 Å². The van der Waals surface area contributed by atoms with Gasteiger partial charge < -0.3 is 10.1 Å². The summed E-state index contributed by atoms with van der Waals surface area (Å²) in [6.45, 7) is 2.22. The predicted octanol–water partition coefficient (Wildman–Crippen LogP) is 1.28. The third kappa shape index (κ3) is 2.18. The number of nitrogens with one attached hydrogen (secondary N) is 1. The zero-order valence-electron chi connectivity index (χ0n) is 10.6. The van der Waals surface area contributed by atoms with Gasteiger partial charge in [-0.2, -0.15) is 5.10 Å². The van der Waals surface area contributed by atoms with Gasteiger partial charge in [0.2, 0.25) is 0 Å². The van der Waals surface area contributed by atoms with Gasteiger partial charge in [0, 0.05) is 12.6 Å². The number of piperidine rings is 1. The van der Waals surface area contributed by atoms with E-state index in [1.807, 2.05) is 18.3 Å². The fourth-order valence-electron chi connectivity index (χ4n) is 2.53. The fourth-order valence-corrected chi connectivity index (χ4v) is 2.53. The molecule has 96 valence electrons. The second-order valence-corrected chi connectivity index (χ2v) is 4.79. The highest BCUT2D eigenvalue weighted by Gasteiger charge is 2.16. The van der Waals surface area contributed by atoms with Crippen LogP contribution in [0.25, 0.3) is 5.65 Å². The number of aromatic nitrogens is 3. The lowest BCUT2D eigenvalue weighted by Crippen LogP contribution is -2.31. The lowest BCUT2D eigenvalue weighted by atomic mass is 9.96. The molecular formula is C13H18N4O. The number of nitrogens with zero attached hydrogens (tertiary/aromatic N) is 3. The van der Waals surface area contributed by atoms with Crippen molar-refractivity contribution in [3.8, 4) is 5.75 Å². The van der Waals surface area contributed by atoms with Crippen molar-refractivity contribution in [2.45, 2.75) is 19.3 Å². The predicted molar refractivity (Wildman–Crippen MR) is 68.8 cm³/mol. The van der Waals surface area contributed by atoms with E-state index < -0.39 is 0 Å². The minimum Gasteiger partial charge on any atom is -0.493 e. The Morgan fingerprint density at radius 2 is 2.50 bits per heavy atom. The molecule has 1 N–H and O–H groups in total. The van der Waals surface area contributed by atoms with Gasteiger partial charge >= 0.3 is 0 Å². The minimum atomic E-state index is 0.655. The molecule has 0 aliphatic carbocycles. The molecule has 0 aromatic carbocycles. The van der Waals surface area contributed by atoms with Crippen LogP contribution in [0.2, 0.25) is 0 Å². The molecule has 0 bridgehead atoms. The van der Waals surface area contributed by atoms with Gasteiger partial charge in [0.15, 0.2) is 17.2 Å². The summed E-state index contributed by atoms with van der Waals surface area (Å²) in [6, 6.07) is 3.84. The molecule has 2 aromatic rings. The van der Waals surface area contributed by atoms with Crippen LogP contribution in [-0.4, -0.2) is 34.8 Å². The summed E-state index contributed by atoms with van der Waals surface area (Å²) in [5.74, 6) is 2.34. The molecule has 0 spiro atoms. The van der Waals surface area contributed by atoms with E-state index in [9.17, 15) is 0 Å². The van der Waals surface area contributed by atoms with Gasteiger partial charge in [-0.1, -0.05) is 0 Å². The summed E-state index contributed by atoms with van der Waals surface area (Å²) >= 11 is 0. The van der Waals surface area contributed by atoms with E-state index >= 15 is 0 Å². The monoisotopic (exact) mass is 246 g/mol. The third-order valence-corrected chi connectivity index (χ3v) is 3.46. The molecule has 1 saturated heterocycles. The molecule has 1 unspecified atom stereocenters. The lowest BCUT2D eigenvalue weighted by Gasteiger charge is -2.21. The van der Waals surface area contributed by atoms with Gasteiger partial charge in [-0.25, -0.2) is 9.50 Å². The maximum atomic E-state index is 5.30. The second kappa shape index (κ2) is 4.94. The highest BCUT2D eigenvalue weighted by Crippen LogP contribution is 2.19. The van der Waals surface area contributed by atoms with Gasteiger partial charge in [-0.05, 0) is 44.0 Å². The standard InChI is InChI=1S/C13H18N4O/c1-18-11-5-3-7-17-13(11)15-12(16-17)8-10-4-2-6-14-9-10/h3,5,7,10,14H,2,4,6,8-9H2,1H3. The number of rotatable bonds is 3. The molecule has 1 fully saturated rings. The van der Waals surface area contributed by atoms with E-state index in [0.29, 0.717) is 5.92 Å². The van der Waals surface area contributed by atoms with Gasteiger partial charge in [0.1, 0.15) is 0 Å². The van der Waals surface area contributed by atoms with E-state index in [1.54, 1.807) is 11.6 Å². The Morgan fingerprint density at radius 3 is 3.28 bits per heavy atom. The van der Waals surface area contributed by atoms with Crippen molar-refractivity contribution in [1.29, 1.82) is 0 Å². The van der Waals surface area contributed by atoms with Crippen LogP contribution in [-0.2, 0) is 6.42 Å². The quantitative estimate of drug-likeness (QED) is 0.886. The van der Waals surface area contributed by atoms with Crippen molar-refractivity contribution < 1.29 is 4.74 Å². The summed E-state index contributed by atoms with van der Waals surface area (Å²) in [7, 11) is 1.66. The van der Waals surface area contributed by atoms with Crippen molar-refractivity contribution in [1.82, 2.24) is 19.9 Å². The van der Waals surface area contributed by atoms with Crippen LogP contribution in [0, 0.1) is 5.92 Å². The molecule has 2 aromatic heterocycles.